The van der Waals surface area contributed by atoms with Crippen molar-refractivity contribution in [3.05, 3.63) is 84.1 Å². The molecule has 1 unspecified atom stereocenters. The molecule has 1 atom stereocenters. The van der Waals surface area contributed by atoms with E-state index in [0.29, 0.717) is 24.2 Å². The van der Waals surface area contributed by atoms with Crippen LogP contribution in [-0.2, 0) is 21.1 Å². The van der Waals surface area contributed by atoms with Gasteiger partial charge in [0.05, 0.1) is 10.6 Å². The van der Waals surface area contributed by atoms with Crippen LogP contribution in [0.15, 0.2) is 88.0 Å². The van der Waals surface area contributed by atoms with Crippen molar-refractivity contribution in [2.75, 3.05) is 25.6 Å². The zero-order valence-corrected chi connectivity index (χ0v) is 20.5. The molecule has 1 aliphatic heterocycles. The third-order valence-electron chi connectivity index (χ3n) is 5.32. The molecule has 9 heteroatoms. The molecule has 1 saturated heterocycles. The number of pyridine rings is 1. The van der Waals surface area contributed by atoms with Gasteiger partial charge in [-0.15, -0.1) is 11.8 Å². The van der Waals surface area contributed by atoms with Crippen LogP contribution < -0.4 is 10.1 Å². The number of oxime groups is 1. The highest BCUT2D eigenvalue weighted by atomic mass is 32.2. The van der Waals surface area contributed by atoms with E-state index in [1.807, 2.05) is 23.9 Å². The summed E-state index contributed by atoms with van der Waals surface area (Å²) in [6.07, 6.45) is 2.52. The van der Waals surface area contributed by atoms with Gasteiger partial charge in [0.15, 0.2) is 11.6 Å². The molecule has 4 rings (SSSR count). The highest BCUT2D eigenvalue weighted by molar-refractivity contribution is 8.00. The van der Waals surface area contributed by atoms with Gasteiger partial charge >= 0.3 is 0 Å². The maximum atomic E-state index is 12.6. The van der Waals surface area contributed by atoms with Crippen LogP contribution in [0.2, 0.25) is 0 Å². The van der Waals surface area contributed by atoms with E-state index in [1.54, 1.807) is 43.3 Å². The van der Waals surface area contributed by atoms with E-state index in [-0.39, 0.29) is 9.92 Å². The molecule has 2 heterocycles. The SMILES string of the molecule is CC(=NOCCOc1ccc(CC2CNCS2)cc1)c1ccc(S(=O)(=O)c2ccccn2)cc1. The van der Waals surface area contributed by atoms with Gasteiger partial charge < -0.3 is 14.9 Å². The Bertz CT molecular complexity index is 1190. The summed E-state index contributed by atoms with van der Waals surface area (Å²) in [5.74, 6) is 1.84. The summed E-state index contributed by atoms with van der Waals surface area (Å²) in [6, 6.07) is 19.5. The molecule has 1 N–H and O–H groups in total. The van der Waals surface area contributed by atoms with Crippen LogP contribution in [0.4, 0.5) is 0 Å². The van der Waals surface area contributed by atoms with Crippen molar-refractivity contribution < 1.29 is 18.0 Å². The van der Waals surface area contributed by atoms with Crippen molar-refractivity contribution in [1.29, 1.82) is 0 Å². The van der Waals surface area contributed by atoms with Crippen LogP contribution in [0.5, 0.6) is 5.75 Å². The number of rotatable bonds is 10. The fraction of sp³-hybridized carbons (Fsp3) is 0.280. The molecule has 7 nitrogen and oxygen atoms in total. The Kier molecular flexibility index (Phi) is 8.21. The number of hydrogen-bond donors (Lipinski definition) is 1. The molecular weight excluding hydrogens is 470 g/mol. The standard InChI is InChI=1S/C25H27N3O4S2/c1-19(21-7-11-24(12-8-21)34(29,30)25-4-2-3-13-27-25)28-32-15-14-31-22-9-5-20(6-10-22)16-23-17-26-18-33-23/h2-13,23,26H,14-18H2,1H3. The Labute approximate surface area is 204 Å². The second-order valence-electron chi connectivity index (χ2n) is 7.79. The Balaban J connectivity index is 1.23. The quantitative estimate of drug-likeness (QED) is 0.258. The molecule has 1 aliphatic rings. The van der Waals surface area contributed by atoms with Gasteiger partial charge in [0, 0.05) is 23.9 Å². The number of thioether (sulfide) groups is 1. The second-order valence-corrected chi connectivity index (χ2v) is 11.0. The largest absolute Gasteiger partial charge is 0.490 e. The molecule has 178 valence electrons. The molecule has 0 aliphatic carbocycles. The van der Waals surface area contributed by atoms with Crippen LogP contribution in [-0.4, -0.2) is 50.0 Å². The first kappa shape index (κ1) is 24.3. The van der Waals surface area contributed by atoms with Gasteiger partial charge in [0.1, 0.15) is 12.4 Å². The number of ether oxygens (including phenoxy) is 1. The van der Waals surface area contributed by atoms with Gasteiger partial charge in [-0.25, -0.2) is 13.4 Å². The molecule has 0 saturated carbocycles. The van der Waals surface area contributed by atoms with Gasteiger partial charge in [-0.3, -0.25) is 0 Å². The van der Waals surface area contributed by atoms with Crippen LogP contribution in [0.1, 0.15) is 18.1 Å². The summed E-state index contributed by atoms with van der Waals surface area (Å²) in [4.78, 5) is 9.50. The number of hydrogen-bond acceptors (Lipinski definition) is 8. The van der Waals surface area contributed by atoms with Crippen LogP contribution in [0.3, 0.4) is 0 Å². The lowest BCUT2D eigenvalue weighted by molar-refractivity contribution is 0.107. The fourth-order valence-electron chi connectivity index (χ4n) is 3.47. The monoisotopic (exact) mass is 497 g/mol. The predicted molar refractivity (Wildman–Crippen MR) is 134 cm³/mol. The summed E-state index contributed by atoms with van der Waals surface area (Å²) in [5, 5.41) is 8.14. The average Bonchev–Trinajstić information content (AvgIpc) is 3.38. The topological polar surface area (TPSA) is 89.9 Å². The van der Waals surface area contributed by atoms with E-state index >= 15 is 0 Å². The fourth-order valence-corrected chi connectivity index (χ4v) is 5.68. The molecular formula is C25H27N3O4S2. The van der Waals surface area contributed by atoms with Gasteiger partial charge in [-0.05, 0) is 60.9 Å². The molecule has 3 aromatic rings. The van der Waals surface area contributed by atoms with Gasteiger partial charge in [-0.2, -0.15) is 0 Å². The van der Waals surface area contributed by atoms with E-state index < -0.39 is 9.84 Å². The van der Waals surface area contributed by atoms with Crippen LogP contribution in [0.25, 0.3) is 0 Å². The normalized spacial score (nSPS) is 16.4. The number of nitrogens with zero attached hydrogens (tertiary/aromatic N) is 2. The van der Waals surface area contributed by atoms with Crippen molar-refractivity contribution in [1.82, 2.24) is 10.3 Å². The molecule has 2 aromatic carbocycles. The molecule has 0 radical (unpaired) electrons. The zero-order chi connectivity index (χ0) is 23.8. The second kappa shape index (κ2) is 11.5. The minimum absolute atomic E-state index is 0.0243. The maximum absolute atomic E-state index is 12.6. The number of benzene rings is 2. The van der Waals surface area contributed by atoms with Crippen molar-refractivity contribution >= 4 is 27.3 Å². The van der Waals surface area contributed by atoms with E-state index in [9.17, 15) is 8.42 Å². The van der Waals surface area contributed by atoms with Gasteiger partial charge in [0.2, 0.25) is 9.84 Å². The van der Waals surface area contributed by atoms with E-state index in [0.717, 1.165) is 30.2 Å². The first-order valence-electron chi connectivity index (χ1n) is 11.0. The lowest BCUT2D eigenvalue weighted by Crippen LogP contribution is -2.14. The molecule has 34 heavy (non-hydrogen) atoms. The Morgan fingerprint density at radius 2 is 1.88 bits per heavy atom. The average molecular weight is 498 g/mol. The Morgan fingerprint density at radius 1 is 1.09 bits per heavy atom. The molecule has 1 aromatic heterocycles. The molecule has 1 fully saturated rings. The first-order chi connectivity index (χ1) is 16.5. The summed E-state index contributed by atoms with van der Waals surface area (Å²) in [6.45, 7) is 3.55. The molecule has 0 spiro atoms. The minimum atomic E-state index is -3.64. The summed E-state index contributed by atoms with van der Waals surface area (Å²) in [7, 11) is -3.64. The molecule has 0 bridgehead atoms. The zero-order valence-electron chi connectivity index (χ0n) is 18.9. The number of nitrogens with one attached hydrogen (secondary N) is 1. The van der Waals surface area contributed by atoms with Crippen molar-refractivity contribution in [2.45, 2.75) is 28.5 Å². The molecule has 0 amide bonds. The number of sulfone groups is 1. The van der Waals surface area contributed by atoms with Crippen LogP contribution in [0, 0.1) is 0 Å². The lowest BCUT2D eigenvalue weighted by atomic mass is 10.1. The van der Waals surface area contributed by atoms with E-state index in [4.69, 9.17) is 9.57 Å². The van der Waals surface area contributed by atoms with Crippen molar-refractivity contribution in [3.8, 4) is 5.75 Å². The summed E-state index contributed by atoms with van der Waals surface area (Å²) < 4.78 is 31.0. The highest BCUT2D eigenvalue weighted by Crippen LogP contribution is 2.21. The third kappa shape index (κ3) is 6.37. The Hall–Kier alpha value is -2.88. The minimum Gasteiger partial charge on any atom is -0.490 e. The Morgan fingerprint density at radius 3 is 2.56 bits per heavy atom. The summed E-state index contributed by atoms with van der Waals surface area (Å²) in [5.41, 5.74) is 2.72. The lowest BCUT2D eigenvalue weighted by Gasteiger charge is -2.09. The van der Waals surface area contributed by atoms with Crippen molar-refractivity contribution in [2.24, 2.45) is 5.16 Å². The number of aromatic nitrogens is 1. The predicted octanol–water partition coefficient (Wildman–Crippen LogP) is 3.94. The van der Waals surface area contributed by atoms with Gasteiger partial charge in [-0.1, -0.05) is 35.5 Å². The van der Waals surface area contributed by atoms with Gasteiger partial charge in [0.25, 0.3) is 0 Å². The first-order valence-corrected chi connectivity index (χ1v) is 13.5. The van der Waals surface area contributed by atoms with Crippen LogP contribution >= 0.6 is 11.8 Å². The van der Waals surface area contributed by atoms with E-state index in [2.05, 4.69) is 27.6 Å². The van der Waals surface area contributed by atoms with E-state index in [1.165, 1.54) is 17.8 Å². The smallest absolute Gasteiger partial charge is 0.223 e. The maximum Gasteiger partial charge on any atom is 0.223 e. The highest BCUT2D eigenvalue weighted by Gasteiger charge is 2.18. The van der Waals surface area contributed by atoms with Crippen molar-refractivity contribution in [3.63, 3.8) is 0 Å². The third-order valence-corrected chi connectivity index (χ3v) is 8.18. The summed E-state index contributed by atoms with van der Waals surface area (Å²) >= 11 is 1.96.